The monoisotopic (exact) mass is 269 g/mol. The van der Waals surface area contributed by atoms with Crippen molar-refractivity contribution in [1.82, 2.24) is 25.1 Å². The van der Waals surface area contributed by atoms with Gasteiger partial charge in [-0.15, -0.1) is 5.10 Å². The molecule has 0 aliphatic heterocycles. The van der Waals surface area contributed by atoms with Gasteiger partial charge in [-0.05, 0) is 23.8 Å². The molecule has 0 aliphatic rings. The molecule has 5 nitrogen and oxygen atoms in total. The van der Waals surface area contributed by atoms with Crippen LogP contribution in [0.5, 0.6) is 0 Å². The van der Waals surface area contributed by atoms with Crippen LogP contribution in [0, 0.1) is 0 Å². The highest BCUT2D eigenvalue weighted by Gasteiger charge is 2.06. The van der Waals surface area contributed by atoms with Crippen LogP contribution in [0.1, 0.15) is 5.56 Å². The van der Waals surface area contributed by atoms with E-state index in [9.17, 15) is 0 Å². The van der Waals surface area contributed by atoms with Gasteiger partial charge in [0.25, 0.3) is 0 Å². The first kappa shape index (κ1) is 11.9. The fourth-order valence-electron chi connectivity index (χ4n) is 1.57. The van der Waals surface area contributed by atoms with Crippen molar-refractivity contribution in [2.45, 2.75) is 10.9 Å². The quantitative estimate of drug-likeness (QED) is 0.737. The van der Waals surface area contributed by atoms with E-state index in [1.807, 2.05) is 30.5 Å². The van der Waals surface area contributed by atoms with Gasteiger partial charge in [0.1, 0.15) is 0 Å². The Balaban J connectivity index is 1.69. The van der Waals surface area contributed by atoms with Crippen LogP contribution in [0.4, 0.5) is 0 Å². The summed E-state index contributed by atoms with van der Waals surface area (Å²) in [5.41, 5.74) is 2.09. The summed E-state index contributed by atoms with van der Waals surface area (Å²) in [6.07, 6.45) is 7.11. The zero-order valence-corrected chi connectivity index (χ0v) is 10.8. The summed E-state index contributed by atoms with van der Waals surface area (Å²) in [4.78, 5) is 12.6. The zero-order valence-electron chi connectivity index (χ0n) is 10.0. The minimum absolute atomic E-state index is 0.725. The fourth-order valence-corrected chi connectivity index (χ4v) is 2.31. The third-order valence-electron chi connectivity index (χ3n) is 2.49. The van der Waals surface area contributed by atoms with Gasteiger partial charge in [0.15, 0.2) is 5.82 Å². The van der Waals surface area contributed by atoms with Crippen molar-refractivity contribution in [3.63, 3.8) is 0 Å². The summed E-state index contributed by atoms with van der Waals surface area (Å²) in [6.45, 7) is 0. The van der Waals surface area contributed by atoms with Crippen LogP contribution in [0.3, 0.4) is 0 Å². The molecule has 94 valence electrons. The highest BCUT2D eigenvalue weighted by Crippen LogP contribution is 2.21. The molecule has 1 N–H and O–H groups in total. The number of H-pyrrole nitrogens is 1. The van der Waals surface area contributed by atoms with Crippen LogP contribution >= 0.6 is 11.8 Å². The molecule has 0 aliphatic carbocycles. The minimum Gasteiger partial charge on any atom is -0.264 e. The smallest absolute Gasteiger partial charge is 0.209 e. The van der Waals surface area contributed by atoms with E-state index in [-0.39, 0.29) is 0 Å². The molecule has 3 heterocycles. The maximum atomic E-state index is 4.43. The van der Waals surface area contributed by atoms with Crippen LogP contribution in [0.15, 0.2) is 54.2 Å². The molecule has 0 unspecified atom stereocenters. The molecule has 19 heavy (non-hydrogen) atoms. The first-order valence-electron chi connectivity index (χ1n) is 5.76. The Labute approximate surface area is 114 Å². The van der Waals surface area contributed by atoms with Crippen molar-refractivity contribution in [1.29, 1.82) is 0 Å². The first-order chi connectivity index (χ1) is 9.42. The number of thioether (sulfide) groups is 1. The number of nitrogens with zero attached hydrogens (tertiary/aromatic N) is 4. The van der Waals surface area contributed by atoms with Crippen LogP contribution in [0.25, 0.3) is 11.4 Å². The maximum absolute atomic E-state index is 4.43. The van der Waals surface area contributed by atoms with E-state index < -0.39 is 0 Å². The normalized spacial score (nSPS) is 10.5. The van der Waals surface area contributed by atoms with Gasteiger partial charge in [-0.2, -0.15) is 0 Å². The third-order valence-corrected chi connectivity index (χ3v) is 3.41. The van der Waals surface area contributed by atoms with Gasteiger partial charge in [-0.25, -0.2) is 4.98 Å². The standard InChI is InChI=1S/C13H11N5S/c1-3-10(7-14-5-1)9-19-13-16-12(17-18-13)11-4-2-6-15-8-11/h1-8H,9H2,(H,16,17,18). The Bertz CT molecular complexity index is 638. The Morgan fingerprint density at radius 3 is 2.63 bits per heavy atom. The van der Waals surface area contributed by atoms with Crippen molar-refractivity contribution in [2.24, 2.45) is 0 Å². The topological polar surface area (TPSA) is 67.3 Å². The van der Waals surface area contributed by atoms with Gasteiger partial charge in [0.2, 0.25) is 5.16 Å². The largest absolute Gasteiger partial charge is 0.264 e. The van der Waals surface area contributed by atoms with E-state index >= 15 is 0 Å². The minimum atomic E-state index is 0.725. The second kappa shape index (κ2) is 5.62. The number of pyridine rings is 2. The predicted molar refractivity (Wildman–Crippen MR) is 73.4 cm³/mol. The van der Waals surface area contributed by atoms with Crippen molar-refractivity contribution in [2.75, 3.05) is 0 Å². The molecule has 0 fully saturated rings. The molecule has 0 atom stereocenters. The molecule has 0 amide bonds. The van der Waals surface area contributed by atoms with Crippen LogP contribution < -0.4 is 0 Å². The van der Waals surface area contributed by atoms with Gasteiger partial charge in [0, 0.05) is 36.1 Å². The highest BCUT2D eigenvalue weighted by atomic mass is 32.2. The molecule has 3 aromatic heterocycles. The van der Waals surface area contributed by atoms with E-state index in [0.717, 1.165) is 27.9 Å². The fraction of sp³-hybridized carbons (Fsp3) is 0.0769. The molecule has 0 aromatic carbocycles. The molecule has 3 aromatic rings. The van der Waals surface area contributed by atoms with E-state index in [0.29, 0.717) is 0 Å². The second-order valence-corrected chi connectivity index (χ2v) is 4.80. The SMILES string of the molecule is c1cncc(CSc2n[nH]c(-c3cccnc3)n2)c1. The lowest BCUT2D eigenvalue weighted by Gasteiger charge is -1.96. The number of hydrogen-bond acceptors (Lipinski definition) is 5. The maximum Gasteiger partial charge on any atom is 0.209 e. The average molecular weight is 269 g/mol. The van der Waals surface area contributed by atoms with Crippen molar-refractivity contribution in [3.8, 4) is 11.4 Å². The Kier molecular flexibility index (Phi) is 3.51. The van der Waals surface area contributed by atoms with E-state index in [1.165, 1.54) is 0 Å². The van der Waals surface area contributed by atoms with Gasteiger partial charge in [-0.1, -0.05) is 17.8 Å². The number of hydrogen-bond donors (Lipinski definition) is 1. The number of rotatable bonds is 4. The van der Waals surface area contributed by atoms with Gasteiger partial charge >= 0.3 is 0 Å². The molecular weight excluding hydrogens is 258 g/mol. The van der Waals surface area contributed by atoms with E-state index in [4.69, 9.17) is 0 Å². The lowest BCUT2D eigenvalue weighted by atomic mass is 10.3. The van der Waals surface area contributed by atoms with Crippen LogP contribution in [-0.2, 0) is 5.75 Å². The van der Waals surface area contributed by atoms with Crippen molar-refractivity contribution < 1.29 is 0 Å². The van der Waals surface area contributed by atoms with Gasteiger partial charge in [-0.3, -0.25) is 15.1 Å². The molecule has 6 heteroatoms. The Morgan fingerprint density at radius 1 is 1.05 bits per heavy atom. The number of aromatic nitrogens is 5. The molecular formula is C13H11N5S. The molecule has 0 spiro atoms. The van der Waals surface area contributed by atoms with Crippen LogP contribution in [-0.4, -0.2) is 25.1 Å². The second-order valence-electron chi connectivity index (χ2n) is 3.86. The summed E-state index contributed by atoms with van der Waals surface area (Å²) >= 11 is 1.58. The summed E-state index contributed by atoms with van der Waals surface area (Å²) in [5, 5.41) is 7.83. The summed E-state index contributed by atoms with van der Waals surface area (Å²) in [7, 11) is 0. The molecule has 3 rings (SSSR count). The lowest BCUT2D eigenvalue weighted by Crippen LogP contribution is -1.83. The summed E-state index contributed by atoms with van der Waals surface area (Å²) in [5.74, 6) is 1.54. The lowest BCUT2D eigenvalue weighted by molar-refractivity contribution is 0.973. The van der Waals surface area contributed by atoms with Crippen molar-refractivity contribution in [3.05, 3.63) is 54.6 Å². The number of aromatic amines is 1. The molecule has 0 saturated carbocycles. The summed E-state index contributed by atoms with van der Waals surface area (Å²) in [6, 6.07) is 7.78. The molecule has 0 bridgehead atoms. The predicted octanol–water partition coefficient (Wildman–Crippen LogP) is 2.55. The Hall–Kier alpha value is -2.21. The van der Waals surface area contributed by atoms with Gasteiger partial charge in [0.05, 0.1) is 0 Å². The molecule has 0 saturated heterocycles. The number of nitrogens with one attached hydrogen (secondary N) is 1. The van der Waals surface area contributed by atoms with E-state index in [2.05, 4.69) is 25.1 Å². The summed E-state index contributed by atoms with van der Waals surface area (Å²) < 4.78 is 0. The average Bonchev–Trinajstić information content (AvgIpc) is 2.96. The van der Waals surface area contributed by atoms with Gasteiger partial charge < -0.3 is 0 Å². The van der Waals surface area contributed by atoms with Crippen LogP contribution in [0.2, 0.25) is 0 Å². The van der Waals surface area contributed by atoms with E-state index in [1.54, 1.807) is 30.4 Å². The third kappa shape index (κ3) is 2.97. The first-order valence-corrected chi connectivity index (χ1v) is 6.75. The zero-order chi connectivity index (χ0) is 12.9. The molecule has 0 radical (unpaired) electrons. The Morgan fingerprint density at radius 2 is 1.89 bits per heavy atom. The highest BCUT2D eigenvalue weighted by molar-refractivity contribution is 7.98. The van der Waals surface area contributed by atoms with Crippen molar-refractivity contribution >= 4 is 11.8 Å².